The molecule has 0 bridgehead atoms. The van der Waals surface area contributed by atoms with Crippen molar-refractivity contribution in [1.82, 2.24) is 5.32 Å². The second-order valence-electron chi connectivity index (χ2n) is 5.10. The Morgan fingerprint density at radius 1 is 1.33 bits per heavy atom. The van der Waals surface area contributed by atoms with Crippen molar-refractivity contribution in [3.8, 4) is 5.75 Å². The van der Waals surface area contributed by atoms with Crippen LogP contribution >= 0.6 is 12.4 Å². The van der Waals surface area contributed by atoms with E-state index in [0.29, 0.717) is 24.1 Å². The molecule has 0 spiro atoms. The van der Waals surface area contributed by atoms with E-state index in [1.807, 2.05) is 6.92 Å². The lowest BCUT2D eigenvalue weighted by Crippen LogP contribution is -2.44. The Balaban J connectivity index is 0.00000161. The van der Waals surface area contributed by atoms with E-state index >= 15 is 0 Å². The lowest BCUT2D eigenvalue weighted by molar-refractivity contribution is -0.275. The van der Waals surface area contributed by atoms with E-state index in [-0.39, 0.29) is 30.7 Å². The fraction of sp³-hybridized carbons (Fsp3) is 0.538. The second kappa shape index (κ2) is 5.62. The Kier molecular flexibility index (Phi) is 4.37. The minimum absolute atomic E-state index is 0. The first-order chi connectivity index (χ1) is 9.33. The van der Waals surface area contributed by atoms with E-state index in [0.717, 1.165) is 12.1 Å². The number of ether oxygens (including phenoxy) is 2. The highest BCUT2D eigenvalue weighted by atomic mass is 35.5. The summed E-state index contributed by atoms with van der Waals surface area (Å²) in [7, 11) is 0. The molecule has 0 saturated carbocycles. The third kappa shape index (κ3) is 3.25. The molecular formula is C13H14ClF4NO2. The molecule has 1 saturated heterocycles. The summed E-state index contributed by atoms with van der Waals surface area (Å²) >= 11 is 0. The van der Waals surface area contributed by atoms with Gasteiger partial charge in [-0.1, -0.05) is 0 Å². The zero-order valence-corrected chi connectivity index (χ0v) is 11.9. The molecule has 1 heterocycles. The van der Waals surface area contributed by atoms with Crippen LogP contribution in [-0.2, 0) is 11.2 Å². The molecule has 8 heteroatoms. The van der Waals surface area contributed by atoms with Crippen LogP contribution in [0.4, 0.5) is 17.6 Å². The lowest BCUT2D eigenvalue weighted by atomic mass is 10.1. The molecule has 21 heavy (non-hydrogen) atoms. The van der Waals surface area contributed by atoms with Gasteiger partial charge >= 0.3 is 6.36 Å². The van der Waals surface area contributed by atoms with Crippen LogP contribution in [0.2, 0.25) is 0 Å². The molecule has 1 unspecified atom stereocenters. The Morgan fingerprint density at radius 3 is 2.71 bits per heavy atom. The number of nitrogens with one attached hydrogen (secondary N) is 1. The lowest BCUT2D eigenvalue weighted by Gasteiger charge is -2.32. The monoisotopic (exact) mass is 327 g/mol. The van der Waals surface area contributed by atoms with Gasteiger partial charge in [-0.25, -0.2) is 4.39 Å². The molecule has 1 N–H and O–H groups in total. The standard InChI is InChI=1S/C13H13F4NO2.ClH/c1-6-5-18-12-8-4-9(14)10(20-13(15,16)17)2-7(8)3-11(12)19-6;/h2,4,6,11-12,18H,3,5H2,1H3;1H/t6?,11-,12+;/m1./s1. The minimum atomic E-state index is -4.90. The third-order valence-electron chi connectivity index (χ3n) is 3.58. The molecule has 3 rings (SSSR count). The number of benzene rings is 1. The van der Waals surface area contributed by atoms with Crippen LogP contribution in [0.5, 0.6) is 5.75 Å². The fourth-order valence-electron chi connectivity index (χ4n) is 2.82. The maximum atomic E-state index is 13.7. The van der Waals surface area contributed by atoms with Crippen molar-refractivity contribution in [2.45, 2.75) is 38.0 Å². The number of alkyl halides is 3. The Morgan fingerprint density at radius 2 is 2.05 bits per heavy atom. The first-order valence-corrected chi connectivity index (χ1v) is 6.30. The maximum Gasteiger partial charge on any atom is 0.573 e. The van der Waals surface area contributed by atoms with Crippen LogP contribution in [0.25, 0.3) is 0 Å². The Labute approximate surface area is 125 Å². The number of rotatable bonds is 1. The van der Waals surface area contributed by atoms with E-state index < -0.39 is 17.9 Å². The van der Waals surface area contributed by atoms with Gasteiger partial charge in [-0.15, -0.1) is 25.6 Å². The van der Waals surface area contributed by atoms with E-state index in [9.17, 15) is 17.6 Å². The topological polar surface area (TPSA) is 30.5 Å². The smallest absolute Gasteiger partial charge is 0.403 e. The zero-order chi connectivity index (χ0) is 14.5. The Hall–Kier alpha value is -1.05. The van der Waals surface area contributed by atoms with Crippen LogP contribution in [0, 0.1) is 5.82 Å². The molecule has 118 valence electrons. The molecule has 3 nitrogen and oxygen atoms in total. The largest absolute Gasteiger partial charge is 0.573 e. The summed E-state index contributed by atoms with van der Waals surface area (Å²) in [6, 6.07) is 2.05. The number of morpholine rings is 1. The van der Waals surface area contributed by atoms with Crippen LogP contribution < -0.4 is 10.1 Å². The molecule has 1 aliphatic heterocycles. The minimum Gasteiger partial charge on any atom is -0.403 e. The average Bonchev–Trinajstić information content (AvgIpc) is 2.64. The number of hydrogen-bond donors (Lipinski definition) is 1. The van der Waals surface area contributed by atoms with Crippen molar-refractivity contribution in [2.24, 2.45) is 0 Å². The normalized spacial score (nSPS) is 27.6. The van der Waals surface area contributed by atoms with Gasteiger partial charge in [-0.2, -0.15) is 0 Å². The van der Waals surface area contributed by atoms with Crippen molar-refractivity contribution in [3.05, 3.63) is 29.1 Å². The quantitative estimate of drug-likeness (QED) is 0.804. The van der Waals surface area contributed by atoms with Gasteiger partial charge in [0.25, 0.3) is 0 Å². The van der Waals surface area contributed by atoms with Gasteiger partial charge in [-0.3, -0.25) is 0 Å². The predicted molar refractivity (Wildman–Crippen MR) is 69.1 cm³/mol. The van der Waals surface area contributed by atoms with Gasteiger partial charge in [0.2, 0.25) is 0 Å². The summed E-state index contributed by atoms with van der Waals surface area (Å²) < 4.78 is 59.7. The average molecular weight is 328 g/mol. The molecule has 1 aliphatic carbocycles. The van der Waals surface area contributed by atoms with Crippen molar-refractivity contribution in [2.75, 3.05) is 6.54 Å². The van der Waals surface area contributed by atoms with Crippen molar-refractivity contribution >= 4 is 12.4 Å². The predicted octanol–water partition coefficient (Wildman–Crippen LogP) is 3.12. The summed E-state index contributed by atoms with van der Waals surface area (Å²) in [6.07, 6.45) is -4.59. The van der Waals surface area contributed by atoms with E-state index in [2.05, 4.69) is 10.1 Å². The summed E-state index contributed by atoms with van der Waals surface area (Å²) in [4.78, 5) is 0. The van der Waals surface area contributed by atoms with E-state index in [4.69, 9.17) is 4.74 Å². The molecule has 3 atom stereocenters. The van der Waals surface area contributed by atoms with Crippen LogP contribution in [0.15, 0.2) is 12.1 Å². The molecule has 1 aromatic rings. The molecule has 2 aliphatic rings. The van der Waals surface area contributed by atoms with Gasteiger partial charge in [0.05, 0.1) is 18.2 Å². The highest BCUT2D eigenvalue weighted by Gasteiger charge is 2.39. The van der Waals surface area contributed by atoms with Crippen LogP contribution in [0.1, 0.15) is 24.1 Å². The third-order valence-corrected chi connectivity index (χ3v) is 3.58. The maximum absolute atomic E-state index is 13.7. The summed E-state index contributed by atoms with van der Waals surface area (Å²) in [5.74, 6) is -1.80. The molecule has 0 amide bonds. The summed E-state index contributed by atoms with van der Waals surface area (Å²) in [5, 5.41) is 3.23. The van der Waals surface area contributed by atoms with Crippen molar-refractivity contribution in [3.63, 3.8) is 0 Å². The zero-order valence-electron chi connectivity index (χ0n) is 11.0. The van der Waals surface area contributed by atoms with Gasteiger partial charge in [0, 0.05) is 13.0 Å². The first-order valence-electron chi connectivity index (χ1n) is 6.30. The molecular weight excluding hydrogens is 314 g/mol. The molecule has 0 radical (unpaired) electrons. The van der Waals surface area contributed by atoms with Crippen LogP contribution in [-0.4, -0.2) is 25.1 Å². The first kappa shape index (κ1) is 16.3. The molecule has 1 aromatic carbocycles. The second-order valence-corrected chi connectivity index (χ2v) is 5.10. The van der Waals surface area contributed by atoms with Crippen molar-refractivity contribution in [1.29, 1.82) is 0 Å². The highest BCUT2D eigenvalue weighted by Crippen LogP contribution is 2.39. The van der Waals surface area contributed by atoms with Gasteiger partial charge in [-0.05, 0) is 30.2 Å². The number of hydrogen-bond acceptors (Lipinski definition) is 3. The number of fused-ring (bicyclic) bond motifs is 3. The number of halogens is 5. The Bertz CT molecular complexity index is 538. The SMILES string of the molecule is CC1CN[C@H]2c3cc(F)c(OC(F)(F)F)cc3C[C@H]2O1.Cl. The summed E-state index contributed by atoms with van der Waals surface area (Å²) in [5.41, 5.74) is 1.27. The van der Waals surface area contributed by atoms with Crippen molar-refractivity contribution < 1.29 is 27.0 Å². The fourth-order valence-corrected chi connectivity index (χ4v) is 2.82. The van der Waals surface area contributed by atoms with E-state index in [1.54, 1.807) is 0 Å². The van der Waals surface area contributed by atoms with Crippen LogP contribution in [0.3, 0.4) is 0 Å². The highest BCUT2D eigenvalue weighted by molar-refractivity contribution is 5.85. The van der Waals surface area contributed by atoms with Gasteiger partial charge in [0.15, 0.2) is 11.6 Å². The van der Waals surface area contributed by atoms with Gasteiger partial charge < -0.3 is 14.8 Å². The molecule has 1 fully saturated rings. The van der Waals surface area contributed by atoms with E-state index in [1.165, 1.54) is 0 Å². The van der Waals surface area contributed by atoms with Gasteiger partial charge in [0.1, 0.15) is 0 Å². The summed E-state index contributed by atoms with van der Waals surface area (Å²) in [6.45, 7) is 2.54. The molecule has 0 aromatic heterocycles.